The van der Waals surface area contributed by atoms with Gasteiger partial charge in [0.05, 0.1) is 11.6 Å². The fourth-order valence-corrected chi connectivity index (χ4v) is 2.48. The molecule has 116 valence electrons. The molecule has 0 aliphatic carbocycles. The smallest absolute Gasteiger partial charge is 0.351 e. The first-order valence-electron chi connectivity index (χ1n) is 7.03. The molecule has 2 unspecified atom stereocenters. The molecule has 0 spiro atoms. The third-order valence-electron chi connectivity index (χ3n) is 3.70. The quantitative estimate of drug-likeness (QED) is 0.901. The zero-order valence-electron chi connectivity index (χ0n) is 11.8. The molecular formula is C15H19F3N2O. The SMILES string of the molecule is CC1CCNC(C(=O)NCc2cccc(C(F)(F)F)c2)C1. The van der Waals surface area contributed by atoms with Crippen LogP contribution in [0, 0.1) is 5.92 Å². The fraction of sp³-hybridized carbons (Fsp3) is 0.533. The number of rotatable bonds is 3. The number of hydrogen-bond acceptors (Lipinski definition) is 2. The van der Waals surface area contributed by atoms with Gasteiger partial charge in [-0.05, 0) is 43.0 Å². The number of nitrogens with one attached hydrogen (secondary N) is 2. The summed E-state index contributed by atoms with van der Waals surface area (Å²) in [5.41, 5.74) is -0.249. The van der Waals surface area contributed by atoms with Gasteiger partial charge < -0.3 is 10.6 Å². The van der Waals surface area contributed by atoms with Gasteiger partial charge in [0, 0.05) is 6.54 Å². The van der Waals surface area contributed by atoms with Crippen LogP contribution in [0.4, 0.5) is 13.2 Å². The van der Waals surface area contributed by atoms with Crippen LogP contribution in [0.25, 0.3) is 0 Å². The average molecular weight is 300 g/mol. The summed E-state index contributed by atoms with van der Waals surface area (Å²) < 4.78 is 37.8. The topological polar surface area (TPSA) is 41.1 Å². The van der Waals surface area contributed by atoms with Crippen LogP contribution in [0.15, 0.2) is 24.3 Å². The Balaban J connectivity index is 1.92. The van der Waals surface area contributed by atoms with Gasteiger partial charge in [-0.15, -0.1) is 0 Å². The van der Waals surface area contributed by atoms with Crippen molar-refractivity contribution in [3.05, 3.63) is 35.4 Å². The second-order valence-electron chi connectivity index (χ2n) is 5.55. The van der Waals surface area contributed by atoms with E-state index in [2.05, 4.69) is 17.6 Å². The van der Waals surface area contributed by atoms with E-state index in [1.807, 2.05) is 0 Å². The van der Waals surface area contributed by atoms with Crippen molar-refractivity contribution < 1.29 is 18.0 Å². The Labute approximate surface area is 121 Å². The molecule has 1 saturated heterocycles. The van der Waals surface area contributed by atoms with E-state index in [0.29, 0.717) is 11.5 Å². The van der Waals surface area contributed by atoms with E-state index in [9.17, 15) is 18.0 Å². The summed E-state index contributed by atoms with van der Waals surface area (Å²) in [6.07, 6.45) is -2.56. The van der Waals surface area contributed by atoms with Gasteiger partial charge in [-0.2, -0.15) is 13.2 Å². The molecule has 1 amide bonds. The van der Waals surface area contributed by atoms with E-state index in [1.165, 1.54) is 6.07 Å². The molecule has 1 heterocycles. The van der Waals surface area contributed by atoms with Crippen molar-refractivity contribution in [2.24, 2.45) is 5.92 Å². The van der Waals surface area contributed by atoms with Crippen LogP contribution in [0.3, 0.4) is 0 Å². The van der Waals surface area contributed by atoms with Gasteiger partial charge in [-0.3, -0.25) is 4.79 Å². The molecule has 1 aliphatic rings. The molecule has 6 heteroatoms. The Hall–Kier alpha value is -1.56. The van der Waals surface area contributed by atoms with E-state index < -0.39 is 11.7 Å². The van der Waals surface area contributed by atoms with Crippen LogP contribution >= 0.6 is 0 Å². The lowest BCUT2D eigenvalue weighted by molar-refractivity contribution is -0.137. The molecule has 1 aromatic rings. The van der Waals surface area contributed by atoms with Crippen LogP contribution in [-0.4, -0.2) is 18.5 Å². The van der Waals surface area contributed by atoms with Gasteiger partial charge in [0.25, 0.3) is 0 Å². The highest BCUT2D eigenvalue weighted by atomic mass is 19.4. The van der Waals surface area contributed by atoms with Gasteiger partial charge in [0.15, 0.2) is 0 Å². The highest BCUT2D eigenvalue weighted by Gasteiger charge is 2.30. The number of piperidine rings is 1. The van der Waals surface area contributed by atoms with Crippen molar-refractivity contribution in [3.63, 3.8) is 0 Å². The van der Waals surface area contributed by atoms with E-state index in [4.69, 9.17) is 0 Å². The number of carbonyl (C=O) groups is 1. The lowest BCUT2D eigenvalue weighted by atomic mass is 9.94. The summed E-state index contributed by atoms with van der Waals surface area (Å²) in [5, 5.41) is 5.83. The first kappa shape index (κ1) is 15.8. The van der Waals surface area contributed by atoms with Crippen molar-refractivity contribution in [1.82, 2.24) is 10.6 Å². The van der Waals surface area contributed by atoms with Crippen molar-refractivity contribution in [3.8, 4) is 0 Å². The van der Waals surface area contributed by atoms with Crippen molar-refractivity contribution in [2.45, 2.75) is 38.5 Å². The molecule has 21 heavy (non-hydrogen) atoms. The second-order valence-corrected chi connectivity index (χ2v) is 5.55. The minimum atomic E-state index is -4.36. The summed E-state index contributed by atoms with van der Waals surface area (Å²) in [5.74, 6) is 0.328. The number of alkyl halides is 3. The number of halogens is 3. The minimum absolute atomic E-state index is 0.106. The lowest BCUT2D eigenvalue weighted by Gasteiger charge is -2.27. The molecule has 2 atom stereocenters. The third kappa shape index (κ3) is 4.46. The largest absolute Gasteiger partial charge is 0.416 e. The summed E-state index contributed by atoms with van der Waals surface area (Å²) in [7, 11) is 0. The molecule has 1 aromatic carbocycles. The van der Waals surface area contributed by atoms with E-state index >= 15 is 0 Å². The van der Waals surface area contributed by atoms with Crippen molar-refractivity contribution in [2.75, 3.05) is 6.54 Å². The Bertz CT molecular complexity index is 502. The molecular weight excluding hydrogens is 281 g/mol. The average Bonchev–Trinajstić information content (AvgIpc) is 2.44. The molecule has 2 N–H and O–H groups in total. The van der Waals surface area contributed by atoms with E-state index in [1.54, 1.807) is 6.07 Å². The van der Waals surface area contributed by atoms with E-state index in [-0.39, 0.29) is 18.5 Å². The molecule has 3 nitrogen and oxygen atoms in total. The number of benzene rings is 1. The zero-order chi connectivity index (χ0) is 15.5. The highest BCUT2D eigenvalue weighted by Crippen LogP contribution is 2.29. The monoisotopic (exact) mass is 300 g/mol. The van der Waals surface area contributed by atoms with Crippen molar-refractivity contribution >= 4 is 5.91 Å². The minimum Gasteiger partial charge on any atom is -0.351 e. The third-order valence-corrected chi connectivity index (χ3v) is 3.70. The molecule has 0 saturated carbocycles. The first-order chi connectivity index (χ1) is 9.86. The number of carbonyl (C=O) groups excluding carboxylic acids is 1. The van der Waals surface area contributed by atoms with Crippen LogP contribution < -0.4 is 10.6 Å². The lowest BCUT2D eigenvalue weighted by Crippen LogP contribution is -2.48. The summed E-state index contributed by atoms with van der Waals surface area (Å²) in [6.45, 7) is 2.99. The maximum atomic E-state index is 12.6. The van der Waals surface area contributed by atoms with Gasteiger partial charge in [-0.1, -0.05) is 19.1 Å². The molecule has 2 rings (SSSR count). The molecule has 0 radical (unpaired) electrons. The number of amides is 1. The molecule has 0 aromatic heterocycles. The second kappa shape index (κ2) is 6.47. The fourth-order valence-electron chi connectivity index (χ4n) is 2.48. The predicted molar refractivity (Wildman–Crippen MR) is 73.5 cm³/mol. The summed E-state index contributed by atoms with van der Waals surface area (Å²) in [6, 6.07) is 4.77. The van der Waals surface area contributed by atoms with Gasteiger partial charge in [0.2, 0.25) is 5.91 Å². The normalized spacial score (nSPS) is 22.9. The Kier molecular flexibility index (Phi) is 4.88. The molecule has 1 aliphatic heterocycles. The summed E-state index contributed by atoms with van der Waals surface area (Å²) in [4.78, 5) is 12.0. The Morgan fingerprint density at radius 3 is 2.86 bits per heavy atom. The Morgan fingerprint density at radius 1 is 1.43 bits per heavy atom. The Morgan fingerprint density at radius 2 is 2.19 bits per heavy atom. The predicted octanol–water partition coefficient (Wildman–Crippen LogP) is 2.71. The van der Waals surface area contributed by atoms with Gasteiger partial charge >= 0.3 is 6.18 Å². The van der Waals surface area contributed by atoms with E-state index in [0.717, 1.165) is 31.5 Å². The first-order valence-corrected chi connectivity index (χ1v) is 7.03. The maximum Gasteiger partial charge on any atom is 0.416 e. The zero-order valence-corrected chi connectivity index (χ0v) is 11.8. The highest BCUT2D eigenvalue weighted by molar-refractivity contribution is 5.81. The van der Waals surface area contributed by atoms with Crippen molar-refractivity contribution in [1.29, 1.82) is 0 Å². The van der Waals surface area contributed by atoms with Crippen LogP contribution in [-0.2, 0) is 17.5 Å². The van der Waals surface area contributed by atoms with Gasteiger partial charge in [-0.25, -0.2) is 0 Å². The number of hydrogen-bond donors (Lipinski definition) is 2. The summed E-state index contributed by atoms with van der Waals surface area (Å²) >= 11 is 0. The molecule has 0 bridgehead atoms. The maximum absolute atomic E-state index is 12.6. The molecule has 1 fully saturated rings. The van der Waals surface area contributed by atoms with Crippen LogP contribution in [0.2, 0.25) is 0 Å². The van der Waals surface area contributed by atoms with Crippen LogP contribution in [0.1, 0.15) is 30.9 Å². The standard InChI is InChI=1S/C15H19F3N2O/c1-10-5-6-19-13(7-10)14(21)20-9-11-3-2-4-12(8-11)15(16,17)18/h2-4,8,10,13,19H,5-7,9H2,1H3,(H,20,21). The van der Waals surface area contributed by atoms with Gasteiger partial charge in [0.1, 0.15) is 0 Å². The van der Waals surface area contributed by atoms with Crippen LogP contribution in [0.5, 0.6) is 0 Å².